The van der Waals surface area contributed by atoms with Crippen LogP contribution in [0.3, 0.4) is 0 Å². The van der Waals surface area contributed by atoms with Crippen LogP contribution >= 0.6 is 11.3 Å². The van der Waals surface area contributed by atoms with Gasteiger partial charge in [0.1, 0.15) is 5.58 Å². The third kappa shape index (κ3) is 5.19. The quantitative estimate of drug-likeness (QED) is 0.168. The van der Waals surface area contributed by atoms with Gasteiger partial charge in [-0.2, -0.15) is 0 Å². The van der Waals surface area contributed by atoms with Gasteiger partial charge in [-0.15, -0.1) is 11.3 Å². The number of anilines is 3. The van der Waals surface area contributed by atoms with Gasteiger partial charge in [-0.3, -0.25) is 0 Å². The van der Waals surface area contributed by atoms with Crippen LogP contribution in [0, 0.1) is 0 Å². The standard InChI is InChI=1S/C54H34N2OS/c1-2-11-39(12-3-1)56-48-17-7-4-13-42(48)46-33-37(25-31-49(46)56)35-21-27-40(28-22-35)55(50-18-10-16-45-43-14-5-8-19-51(43)57-54(45)50)41-29-23-36(24-30-41)38-26-32-53-47(34-38)44-15-6-9-20-52(44)58-53/h1-34H. The number of para-hydroxylation sites is 4. The highest BCUT2D eigenvalue weighted by molar-refractivity contribution is 7.25. The van der Waals surface area contributed by atoms with Gasteiger partial charge in [0.25, 0.3) is 0 Å². The van der Waals surface area contributed by atoms with Crippen molar-refractivity contribution in [3.05, 3.63) is 206 Å². The number of nitrogens with zero attached hydrogens (tertiary/aromatic N) is 2. The van der Waals surface area contributed by atoms with E-state index in [0.29, 0.717) is 0 Å². The Bertz CT molecular complexity index is 3500. The lowest BCUT2D eigenvalue weighted by Crippen LogP contribution is -2.10. The van der Waals surface area contributed by atoms with Gasteiger partial charge in [0.2, 0.25) is 0 Å². The average Bonchev–Trinajstić information content (AvgIpc) is 3.97. The summed E-state index contributed by atoms with van der Waals surface area (Å²) in [6.07, 6.45) is 0. The zero-order valence-corrected chi connectivity index (χ0v) is 32.2. The molecule has 58 heavy (non-hydrogen) atoms. The van der Waals surface area contributed by atoms with E-state index < -0.39 is 0 Å². The molecule has 0 aliphatic heterocycles. The molecule has 0 bridgehead atoms. The number of furan rings is 1. The van der Waals surface area contributed by atoms with E-state index in [1.807, 2.05) is 17.4 Å². The topological polar surface area (TPSA) is 21.3 Å². The van der Waals surface area contributed by atoms with Crippen molar-refractivity contribution in [2.75, 3.05) is 4.90 Å². The molecule has 3 heterocycles. The molecule has 0 N–H and O–H groups in total. The van der Waals surface area contributed by atoms with Crippen LogP contribution < -0.4 is 4.90 Å². The second kappa shape index (κ2) is 13.1. The van der Waals surface area contributed by atoms with Gasteiger partial charge in [-0.05, 0) is 107 Å². The first kappa shape index (κ1) is 32.8. The maximum absolute atomic E-state index is 6.63. The Morgan fingerprint density at radius 2 is 0.948 bits per heavy atom. The van der Waals surface area contributed by atoms with Crippen molar-refractivity contribution in [3.63, 3.8) is 0 Å². The molecule has 12 aromatic rings. The summed E-state index contributed by atoms with van der Waals surface area (Å²) in [6.45, 7) is 0. The molecule has 0 aliphatic carbocycles. The smallest absolute Gasteiger partial charge is 0.159 e. The van der Waals surface area contributed by atoms with Crippen LogP contribution in [0.5, 0.6) is 0 Å². The van der Waals surface area contributed by atoms with Crippen molar-refractivity contribution in [3.8, 4) is 27.9 Å². The monoisotopic (exact) mass is 758 g/mol. The zero-order valence-electron chi connectivity index (χ0n) is 31.3. The van der Waals surface area contributed by atoms with Gasteiger partial charge in [-0.1, -0.05) is 121 Å². The first-order valence-electron chi connectivity index (χ1n) is 19.7. The Labute approximate surface area is 338 Å². The molecule has 12 rings (SSSR count). The van der Waals surface area contributed by atoms with Crippen LogP contribution in [-0.2, 0) is 0 Å². The van der Waals surface area contributed by atoms with Gasteiger partial charge >= 0.3 is 0 Å². The van der Waals surface area contributed by atoms with Crippen molar-refractivity contribution in [2.45, 2.75) is 0 Å². The summed E-state index contributed by atoms with van der Waals surface area (Å²) in [5, 5.41) is 7.33. The second-order valence-electron chi connectivity index (χ2n) is 14.9. The lowest BCUT2D eigenvalue weighted by molar-refractivity contribution is 0.669. The second-order valence-corrected chi connectivity index (χ2v) is 16.0. The van der Waals surface area contributed by atoms with E-state index in [2.05, 4.69) is 210 Å². The molecule has 4 heteroatoms. The van der Waals surface area contributed by atoms with Gasteiger partial charge in [0, 0.05) is 58.8 Å². The van der Waals surface area contributed by atoms with E-state index >= 15 is 0 Å². The van der Waals surface area contributed by atoms with E-state index in [-0.39, 0.29) is 0 Å². The zero-order chi connectivity index (χ0) is 38.2. The normalized spacial score (nSPS) is 11.8. The molecule has 3 aromatic heterocycles. The molecule has 0 saturated carbocycles. The Balaban J connectivity index is 0.967. The molecule has 0 unspecified atom stereocenters. The summed E-state index contributed by atoms with van der Waals surface area (Å²) in [5.74, 6) is 0. The highest BCUT2D eigenvalue weighted by Crippen LogP contribution is 2.44. The molecule has 0 radical (unpaired) electrons. The molecule has 0 aliphatic rings. The Morgan fingerprint density at radius 3 is 1.72 bits per heavy atom. The summed E-state index contributed by atoms with van der Waals surface area (Å²) >= 11 is 1.85. The van der Waals surface area contributed by atoms with Crippen LogP contribution in [0.15, 0.2) is 211 Å². The SMILES string of the molecule is c1ccc(-n2c3ccccc3c3cc(-c4ccc(N(c5ccc(-c6ccc7sc8ccccc8c7c6)cc5)c5cccc6c5oc5ccccc56)cc4)ccc32)cc1. The summed E-state index contributed by atoms with van der Waals surface area (Å²) < 4.78 is 11.6. The van der Waals surface area contributed by atoms with E-state index in [0.717, 1.165) is 50.3 Å². The van der Waals surface area contributed by atoms with Crippen LogP contribution in [0.2, 0.25) is 0 Å². The van der Waals surface area contributed by atoms with Crippen LogP contribution in [0.1, 0.15) is 0 Å². The Hall–Kier alpha value is -7.40. The molecule has 0 saturated heterocycles. The summed E-state index contributed by atoms with van der Waals surface area (Å²) in [4.78, 5) is 2.32. The van der Waals surface area contributed by atoms with E-state index in [4.69, 9.17) is 4.42 Å². The van der Waals surface area contributed by atoms with Crippen molar-refractivity contribution in [1.29, 1.82) is 0 Å². The fourth-order valence-electron chi connectivity index (χ4n) is 8.85. The molecular weight excluding hydrogens is 725 g/mol. The predicted molar refractivity (Wildman–Crippen MR) is 247 cm³/mol. The fraction of sp³-hybridized carbons (Fsp3) is 0. The molecule has 272 valence electrons. The van der Waals surface area contributed by atoms with E-state index in [1.165, 1.54) is 58.7 Å². The number of rotatable bonds is 6. The van der Waals surface area contributed by atoms with Crippen molar-refractivity contribution in [2.24, 2.45) is 0 Å². The lowest BCUT2D eigenvalue weighted by Gasteiger charge is -2.26. The number of hydrogen-bond donors (Lipinski definition) is 0. The highest BCUT2D eigenvalue weighted by Gasteiger charge is 2.20. The minimum absolute atomic E-state index is 0.867. The predicted octanol–water partition coefficient (Wildman–Crippen LogP) is 15.9. The summed E-state index contributed by atoms with van der Waals surface area (Å²) in [6, 6.07) is 74.4. The van der Waals surface area contributed by atoms with Gasteiger partial charge in [-0.25, -0.2) is 0 Å². The van der Waals surface area contributed by atoms with Crippen LogP contribution in [0.4, 0.5) is 17.1 Å². The number of hydrogen-bond acceptors (Lipinski definition) is 3. The third-order valence-electron chi connectivity index (χ3n) is 11.6. The minimum Gasteiger partial charge on any atom is -0.454 e. The van der Waals surface area contributed by atoms with E-state index in [9.17, 15) is 0 Å². The largest absolute Gasteiger partial charge is 0.454 e. The first-order chi connectivity index (χ1) is 28.7. The lowest BCUT2D eigenvalue weighted by atomic mass is 10.0. The number of benzene rings is 9. The Kier molecular flexibility index (Phi) is 7.40. The fourth-order valence-corrected chi connectivity index (χ4v) is 9.94. The van der Waals surface area contributed by atoms with Crippen molar-refractivity contribution >= 4 is 92.3 Å². The molecule has 3 nitrogen and oxygen atoms in total. The van der Waals surface area contributed by atoms with Crippen molar-refractivity contribution in [1.82, 2.24) is 4.57 Å². The molecule has 0 amide bonds. The molecular formula is C54H34N2OS. The van der Waals surface area contributed by atoms with Gasteiger partial charge < -0.3 is 13.9 Å². The first-order valence-corrected chi connectivity index (χ1v) is 20.5. The molecule has 0 fully saturated rings. The molecule has 0 atom stereocenters. The van der Waals surface area contributed by atoms with Crippen LogP contribution in [-0.4, -0.2) is 4.57 Å². The third-order valence-corrected chi connectivity index (χ3v) is 12.8. The van der Waals surface area contributed by atoms with E-state index in [1.54, 1.807) is 0 Å². The minimum atomic E-state index is 0.867. The summed E-state index contributed by atoms with van der Waals surface area (Å²) in [5.41, 5.74) is 13.2. The maximum atomic E-state index is 6.63. The number of fused-ring (bicyclic) bond motifs is 9. The average molecular weight is 759 g/mol. The Morgan fingerprint density at radius 1 is 0.379 bits per heavy atom. The number of thiophene rings is 1. The van der Waals surface area contributed by atoms with Gasteiger partial charge in [0.05, 0.1) is 16.7 Å². The maximum Gasteiger partial charge on any atom is 0.159 e. The number of aromatic nitrogens is 1. The van der Waals surface area contributed by atoms with Crippen molar-refractivity contribution < 1.29 is 4.42 Å². The highest BCUT2D eigenvalue weighted by atomic mass is 32.1. The molecule has 9 aromatic carbocycles. The van der Waals surface area contributed by atoms with Crippen LogP contribution in [0.25, 0.3) is 91.9 Å². The van der Waals surface area contributed by atoms with Gasteiger partial charge in [0.15, 0.2) is 5.58 Å². The summed E-state index contributed by atoms with van der Waals surface area (Å²) in [7, 11) is 0. The molecule has 0 spiro atoms.